The average Bonchev–Trinajstić information content (AvgIpc) is 2.69. The van der Waals surface area contributed by atoms with Crippen LogP contribution in [0, 0.1) is 0 Å². The molecule has 0 aliphatic carbocycles. The summed E-state index contributed by atoms with van der Waals surface area (Å²) in [4.78, 5) is 16.1. The highest BCUT2D eigenvalue weighted by Gasteiger charge is 2.15. The van der Waals surface area contributed by atoms with Crippen molar-refractivity contribution in [3.8, 4) is 11.1 Å². The van der Waals surface area contributed by atoms with Gasteiger partial charge in [0.05, 0.1) is 17.0 Å². The molecule has 1 heterocycles. The van der Waals surface area contributed by atoms with E-state index in [1.807, 2.05) is 37.3 Å². The molecule has 28 heavy (non-hydrogen) atoms. The van der Waals surface area contributed by atoms with Gasteiger partial charge in [0, 0.05) is 6.54 Å². The van der Waals surface area contributed by atoms with Gasteiger partial charge in [0.25, 0.3) is 10.0 Å². The lowest BCUT2D eigenvalue weighted by molar-refractivity contribution is -0.120. The van der Waals surface area contributed by atoms with E-state index in [-0.39, 0.29) is 23.0 Å². The Morgan fingerprint density at radius 2 is 1.57 bits per heavy atom. The van der Waals surface area contributed by atoms with Gasteiger partial charge in [0.2, 0.25) is 5.91 Å². The van der Waals surface area contributed by atoms with Gasteiger partial charge in [-0.1, -0.05) is 48.5 Å². The second-order valence-corrected chi connectivity index (χ2v) is 7.82. The van der Waals surface area contributed by atoms with Gasteiger partial charge in [-0.05, 0) is 42.3 Å². The monoisotopic (exact) mass is 395 g/mol. The Kier molecular flexibility index (Phi) is 6.06. The summed E-state index contributed by atoms with van der Waals surface area (Å²) in [7, 11) is -3.78. The molecule has 3 aromatic rings. The van der Waals surface area contributed by atoms with Crippen LogP contribution in [0.4, 0.5) is 5.82 Å². The lowest BCUT2D eigenvalue weighted by Gasteiger charge is -2.10. The molecule has 2 N–H and O–H groups in total. The van der Waals surface area contributed by atoms with Gasteiger partial charge in [-0.3, -0.25) is 9.52 Å². The Labute approximate surface area is 164 Å². The quantitative estimate of drug-likeness (QED) is 0.643. The summed E-state index contributed by atoms with van der Waals surface area (Å²) in [5.41, 5.74) is 2.44. The molecule has 0 aliphatic heterocycles. The summed E-state index contributed by atoms with van der Waals surface area (Å²) in [5.74, 6) is 0.0143. The molecule has 0 spiro atoms. The van der Waals surface area contributed by atoms with Crippen LogP contribution in [0.2, 0.25) is 0 Å². The molecule has 0 unspecified atom stereocenters. The lowest BCUT2D eigenvalue weighted by atomic mass is 10.1. The van der Waals surface area contributed by atoms with Crippen LogP contribution in [0.1, 0.15) is 12.6 Å². The fourth-order valence-corrected chi connectivity index (χ4v) is 3.71. The van der Waals surface area contributed by atoms with Crippen LogP contribution in [0.3, 0.4) is 0 Å². The summed E-state index contributed by atoms with van der Waals surface area (Å²) in [6.07, 6.45) is 0.0924. The molecule has 3 rings (SSSR count). The Morgan fingerprint density at radius 3 is 2.25 bits per heavy atom. The second-order valence-electron chi connectivity index (χ2n) is 6.14. The minimum Gasteiger partial charge on any atom is -0.356 e. The number of rotatable bonds is 7. The summed E-state index contributed by atoms with van der Waals surface area (Å²) in [5, 5.41) is 2.69. The zero-order valence-corrected chi connectivity index (χ0v) is 16.2. The van der Waals surface area contributed by atoms with Crippen LogP contribution >= 0.6 is 0 Å². The van der Waals surface area contributed by atoms with Gasteiger partial charge < -0.3 is 5.32 Å². The summed E-state index contributed by atoms with van der Waals surface area (Å²) in [6.45, 7) is 2.36. The summed E-state index contributed by atoms with van der Waals surface area (Å²) >= 11 is 0. The maximum absolute atomic E-state index is 12.7. The fourth-order valence-electron chi connectivity index (χ4n) is 2.71. The molecule has 0 atom stereocenters. The molecule has 0 fully saturated rings. The van der Waals surface area contributed by atoms with Crippen molar-refractivity contribution in [1.29, 1.82) is 0 Å². The van der Waals surface area contributed by atoms with E-state index in [9.17, 15) is 13.2 Å². The predicted molar refractivity (Wildman–Crippen MR) is 109 cm³/mol. The normalized spacial score (nSPS) is 11.0. The van der Waals surface area contributed by atoms with Gasteiger partial charge in [-0.25, -0.2) is 13.4 Å². The first-order valence-electron chi connectivity index (χ1n) is 8.89. The molecule has 1 aromatic heterocycles. The zero-order chi connectivity index (χ0) is 20.0. The number of sulfonamides is 1. The number of hydrogen-bond donors (Lipinski definition) is 2. The first kappa shape index (κ1) is 19.6. The van der Waals surface area contributed by atoms with Gasteiger partial charge in [0.1, 0.15) is 5.82 Å². The number of aromatic nitrogens is 1. The molecular formula is C21H21N3O3S. The number of nitrogens with zero attached hydrogens (tertiary/aromatic N) is 1. The predicted octanol–water partition coefficient (Wildman–Crippen LogP) is 3.23. The zero-order valence-electron chi connectivity index (χ0n) is 15.4. The molecule has 0 aliphatic rings. The smallest absolute Gasteiger partial charge is 0.263 e. The number of likely N-dealkylation sites (N-methyl/N-ethyl adjacent to an activating group) is 1. The Balaban J connectivity index is 1.76. The minimum absolute atomic E-state index is 0.0924. The molecule has 2 aromatic carbocycles. The number of anilines is 1. The van der Waals surface area contributed by atoms with Crippen LogP contribution < -0.4 is 10.0 Å². The average molecular weight is 395 g/mol. The topological polar surface area (TPSA) is 88.2 Å². The standard InChI is InChI=1S/C21H21N3O3S/c1-2-22-21(25)15-18-9-6-10-20(23-18)24-28(26,27)19-13-11-17(12-14-19)16-7-4-3-5-8-16/h3-14H,2,15H2,1H3,(H,22,25)(H,23,24). The van der Waals surface area contributed by atoms with E-state index in [0.717, 1.165) is 11.1 Å². The van der Waals surface area contributed by atoms with Crippen LogP contribution in [0.5, 0.6) is 0 Å². The highest BCUT2D eigenvalue weighted by atomic mass is 32.2. The third-order valence-electron chi connectivity index (χ3n) is 4.03. The molecular weight excluding hydrogens is 374 g/mol. The van der Waals surface area contributed by atoms with Crippen molar-refractivity contribution in [2.75, 3.05) is 11.3 Å². The van der Waals surface area contributed by atoms with E-state index in [4.69, 9.17) is 0 Å². The van der Waals surface area contributed by atoms with Crippen molar-refractivity contribution >= 4 is 21.7 Å². The maximum atomic E-state index is 12.7. The van der Waals surface area contributed by atoms with Crippen molar-refractivity contribution in [1.82, 2.24) is 10.3 Å². The molecule has 7 heteroatoms. The van der Waals surface area contributed by atoms with Crippen LogP contribution in [0.25, 0.3) is 11.1 Å². The van der Waals surface area contributed by atoms with Crippen molar-refractivity contribution in [3.63, 3.8) is 0 Å². The number of amides is 1. The van der Waals surface area contributed by atoms with Gasteiger partial charge in [0.15, 0.2) is 0 Å². The SMILES string of the molecule is CCNC(=O)Cc1cccc(NS(=O)(=O)c2ccc(-c3ccccc3)cc2)n1. The molecule has 144 valence electrons. The van der Waals surface area contributed by atoms with E-state index in [2.05, 4.69) is 15.0 Å². The van der Waals surface area contributed by atoms with Gasteiger partial charge in [-0.2, -0.15) is 0 Å². The first-order valence-corrected chi connectivity index (χ1v) is 10.4. The van der Waals surface area contributed by atoms with Crippen molar-refractivity contribution in [3.05, 3.63) is 78.5 Å². The Bertz CT molecular complexity index is 1050. The number of carbonyl (C=O) groups excluding carboxylic acids is 1. The van der Waals surface area contributed by atoms with Crippen molar-refractivity contribution in [2.45, 2.75) is 18.2 Å². The van der Waals surface area contributed by atoms with Crippen LogP contribution in [-0.4, -0.2) is 25.9 Å². The van der Waals surface area contributed by atoms with Crippen molar-refractivity contribution < 1.29 is 13.2 Å². The molecule has 1 amide bonds. The van der Waals surface area contributed by atoms with E-state index in [1.165, 1.54) is 0 Å². The third kappa shape index (κ3) is 4.95. The van der Waals surface area contributed by atoms with E-state index >= 15 is 0 Å². The molecule has 0 bridgehead atoms. The largest absolute Gasteiger partial charge is 0.356 e. The van der Waals surface area contributed by atoms with Crippen LogP contribution in [0.15, 0.2) is 77.7 Å². The summed E-state index contributed by atoms with van der Waals surface area (Å²) < 4.78 is 27.8. The first-order chi connectivity index (χ1) is 13.5. The Morgan fingerprint density at radius 1 is 0.893 bits per heavy atom. The van der Waals surface area contributed by atoms with Crippen molar-refractivity contribution in [2.24, 2.45) is 0 Å². The molecule has 0 saturated carbocycles. The van der Waals surface area contributed by atoms with Crippen LogP contribution in [-0.2, 0) is 21.2 Å². The molecule has 0 saturated heterocycles. The molecule has 6 nitrogen and oxygen atoms in total. The number of hydrogen-bond acceptors (Lipinski definition) is 4. The number of carbonyl (C=O) groups is 1. The minimum atomic E-state index is -3.78. The number of nitrogens with one attached hydrogen (secondary N) is 2. The van der Waals surface area contributed by atoms with E-state index < -0.39 is 10.0 Å². The molecule has 0 radical (unpaired) electrons. The van der Waals surface area contributed by atoms with E-state index in [1.54, 1.807) is 42.5 Å². The second kappa shape index (κ2) is 8.67. The third-order valence-corrected chi connectivity index (χ3v) is 5.40. The fraction of sp³-hybridized carbons (Fsp3) is 0.143. The highest BCUT2D eigenvalue weighted by Crippen LogP contribution is 2.22. The lowest BCUT2D eigenvalue weighted by Crippen LogP contribution is -2.25. The Hall–Kier alpha value is -3.19. The van der Waals surface area contributed by atoms with Gasteiger partial charge >= 0.3 is 0 Å². The highest BCUT2D eigenvalue weighted by molar-refractivity contribution is 7.92. The van der Waals surface area contributed by atoms with E-state index in [0.29, 0.717) is 12.2 Å². The van der Waals surface area contributed by atoms with Gasteiger partial charge in [-0.15, -0.1) is 0 Å². The maximum Gasteiger partial charge on any atom is 0.263 e. The summed E-state index contributed by atoms with van der Waals surface area (Å²) in [6, 6.07) is 21.3. The number of pyridine rings is 1. The number of benzene rings is 2.